The summed E-state index contributed by atoms with van der Waals surface area (Å²) in [5.41, 5.74) is 0. The molecule has 0 saturated carbocycles. The molecule has 1 unspecified atom stereocenters. The van der Waals surface area contributed by atoms with E-state index in [2.05, 4.69) is 23.7 Å². The van der Waals surface area contributed by atoms with Gasteiger partial charge in [-0.05, 0) is 0 Å². The summed E-state index contributed by atoms with van der Waals surface area (Å²) in [7, 11) is 0. The summed E-state index contributed by atoms with van der Waals surface area (Å²) < 4.78 is 167. The average molecular weight is 534 g/mol. The summed E-state index contributed by atoms with van der Waals surface area (Å²) in [6.07, 6.45) is -35.9. The molecule has 0 N–H and O–H groups in total. The van der Waals surface area contributed by atoms with Gasteiger partial charge in [-0.15, -0.1) is 0 Å². The van der Waals surface area contributed by atoms with Gasteiger partial charge in [0.05, 0.1) is 0 Å². The number of alkyl halides is 12. The number of hydrogen-bond acceptors (Lipinski definition) is 9. The molecule has 0 aromatic rings. The lowest BCUT2D eigenvalue weighted by Crippen LogP contribution is -2.47. The van der Waals surface area contributed by atoms with Crippen LogP contribution < -0.4 is 0 Å². The highest BCUT2D eigenvalue weighted by Gasteiger charge is 2.58. The fourth-order valence-electron chi connectivity index (χ4n) is 1.98. The lowest BCUT2D eigenvalue weighted by Gasteiger charge is -2.24. The quantitative estimate of drug-likeness (QED) is 0.296. The molecule has 0 aliphatic carbocycles. The second-order valence-electron chi connectivity index (χ2n) is 5.78. The third-order valence-electron chi connectivity index (χ3n) is 3.28. The Kier molecular flexibility index (Phi) is 8.28. The molecular weight excluding hydrogens is 528 g/mol. The standard InChI is InChI=1S/C13H6F12O9/c14-10(15,16)6(26)30-1-2-3(32-7(27)11(17,18)19)4(33-8(28)12(20,21)22)5(31-2)34-9(29)13(23,24)25/h2-5H,1H2/t2-,3-,4-,5?/m1/s1. The van der Waals surface area contributed by atoms with Gasteiger partial charge >= 0.3 is 48.6 Å². The van der Waals surface area contributed by atoms with Crippen molar-refractivity contribution in [3.8, 4) is 0 Å². The minimum Gasteiger partial charge on any atom is -0.456 e. The van der Waals surface area contributed by atoms with Crippen molar-refractivity contribution in [2.45, 2.75) is 49.3 Å². The van der Waals surface area contributed by atoms with Crippen LogP contribution in [0.4, 0.5) is 52.7 Å². The third kappa shape index (κ3) is 7.80. The van der Waals surface area contributed by atoms with Gasteiger partial charge in [-0.3, -0.25) is 0 Å². The van der Waals surface area contributed by atoms with Gasteiger partial charge in [-0.1, -0.05) is 0 Å². The van der Waals surface area contributed by atoms with E-state index in [0.29, 0.717) is 0 Å². The summed E-state index contributed by atoms with van der Waals surface area (Å²) in [6.45, 7) is -1.94. The molecule has 21 heteroatoms. The molecule has 0 aromatic heterocycles. The zero-order valence-electron chi connectivity index (χ0n) is 15.2. The van der Waals surface area contributed by atoms with Crippen molar-refractivity contribution in [2.24, 2.45) is 0 Å². The van der Waals surface area contributed by atoms with E-state index in [9.17, 15) is 71.9 Å². The molecule has 0 amide bonds. The van der Waals surface area contributed by atoms with Gasteiger partial charge in [-0.2, -0.15) is 52.7 Å². The first-order valence-electron chi connectivity index (χ1n) is 7.78. The van der Waals surface area contributed by atoms with E-state index < -0.39 is 79.8 Å². The molecule has 1 aliphatic heterocycles. The Balaban J connectivity index is 3.35. The smallest absolute Gasteiger partial charge is 0.456 e. The van der Waals surface area contributed by atoms with Gasteiger partial charge in [0.2, 0.25) is 12.4 Å². The van der Waals surface area contributed by atoms with Gasteiger partial charge in [0.15, 0.2) is 6.10 Å². The van der Waals surface area contributed by atoms with Crippen LogP contribution in [0.1, 0.15) is 0 Å². The van der Waals surface area contributed by atoms with Crippen molar-refractivity contribution < 1.29 is 95.5 Å². The monoisotopic (exact) mass is 534 g/mol. The Morgan fingerprint density at radius 1 is 0.559 bits per heavy atom. The van der Waals surface area contributed by atoms with E-state index in [-0.39, 0.29) is 0 Å². The predicted molar refractivity (Wildman–Crippen MR) is 69.7 cm³/mol. The number of ether oxygens (including phenoxy) is 5. The van der Waals surface area contributed by atoms with Crippen molar-refractivity contribution in [1.29, 1.82) is 0 Å². The van der Waals surface area contributed by atoms with E-state index in [1.807, 2.05) is 0 Å². The first-order valence-corrected chi connectivity index (χ1v) is 7.78. The zero-order valence-corrected chi connectivity index (χ0v) is 15.2. The average Bonchev–Trinajstić information content (AvgIpc) is 2.93. The summed E-state index contributed by atoms with van der Waals surface area (Å²) in [6, 6.07) is 0. The minimum atomic E-state index is -5.97. The van der Waals surface area contributed by atoms with Gasteiger partial charge in [0.1, 0.15) is 12.7 Å². The molecule has 1 aliphatic rings. The lowest BCUT2D eigenvalue weighted by atomic mass is 10.1. The normalized spacial score (nSPS) is 23.8. The highest BCUT2D eigenvalue weighted by molar-refractivity contribution is 5.78. The maximum atomic E-state index is 12.5. The van der Waals surface area contributed by atoms with Crippen molar-refractivity contribution >= 4 is 23.9 Å². The Morgan fingerprint density at radius 3 is 1.29 bits per heavy atom. The molecule has 196 valence electrons. The van der Waals surface area contributed by atoms with E-state index in [4.69, 9.17) is 0 Å². The second-order valence-corrected chi connectivity index (χ2v) is 5.78. The minimum absolute atomic E-state index is 1.94. The maximum absolute atomic E-state index is 12.5. The summed E-state index contributed by atoms with van der Waals surface area (Å²) >= 11 is 0. The first-order chi connectivity index (χ1) is 15.0. The van der Waals surface area contributed by atoms with E-state index in [1.165, 1.54) is 0 Å². The largest absolute Gasteiger partial charge is 0.491 e. The molecule has 9 nitrogen and oxygen atoms in total. The van der Waals surface area contributed by atoms with Gasteiger partial charge < -0.3 is 23.7 Å². The molecule has 4 atom stereocenters. The van der Waals surface area contributed by atoms with Crippen LogP contribution in [0.2, 0.25) is 0 Å². The van der Waals surface area contributed by atoms with Crippen molar-refractivity contribution in [3.63, 3.8) is 0 Å². The van der Waals surface area contributed by atoms with Crippen LogP contribution in [0, 0.1) is 0 Å². The molecule has 1 heterocycles. The Bertz CT molecular complexity index is 797. The van der Waals surface area contributed by atoms with Gasteiger partial charge in [-0.25, -0.2) is 19.2 Å². The van der Waals surface area contributed by atoms with Gasteiger partial charge in [0.25, 0.3) is 0 Å². The van der Waals surface area contributed by atoms with Crippen molar-refractivity contribution in [2.75, 3.05) is 6.61 Å². The maximum Gasteiger partial charge on any atom is 0.491 e. The van der Waals surface area contributed by atoms with E-state index in [0.717, 1.165) is 0 Å². The molecular formula is C13H6F12O9. The number of halogens is 12. The number of carbonyl (C=O) groups is 4. The molecule has 0 aromatic carbocycles. The third-order valence-corrected chi connectivity index (χ3v) is 3.28. The van der Waals surface area contributed by atoms with Crippen LogP contribution >= 0.6 is 0 Å². The highest BCUT2D eigenvalue weighted by atomic mass is 19.4. The number of hydrogen-bond donors (Lipinski definition) is 0. The van der Waals surface area contributed by atoms with Crippen molar-refractivity contribution in [3.05, 3.63) is 0 Å². The fraction of sp³-hybridized carbons (Fsp3) is 0.692. The Morgan fingerprint density at radius 2 is 0.912 bits per heavy atom. The van der Waals surface area contributed by atoms with E-state index in [1.54, 1.807) is 0 Å². The predicted octanol–water partition coefficient (Wildman–Crippen LogP) is 1.87. The number of rotatable bonds is 5. The Hall–Kier alpha value is -3.00. The van der Waals surface area contributed by atoms with Crippen LogP contribution in [-0.2, 0) is 42.9 Å². The van der Waals surface area contributed by atoms with Gasteiger partial charge in [0, 0.05) is 0 Å². The highest BCUT2D eigenvalue weighted by Crippen LogP contribution is 2.33. The van der Waals surface area contributed by atoms with Crippen LogP contribution in [0.15, 0.2) is 0 Å². The van der Waals surface area contributed by atoms with Crippen LogP contribution in [0.5, 0.6) is 0 Å². The fourth-order valence-corrected chi connectivity index (χ4v) is 1.98. The lowest BCUT2D eigenvalue weighted by molar-refractivity contribution is -0.243. The Labute approximate surface area is 176 Å². The van der Waals surface area contributed by atoms with E-state index >= 15 is 0 Å². The van der Waals surface area contributed by atoms with Crippen LogP contribution in [-0.4, -0.2) is 79.8 Å². The number of carbonyl (C=O) groups excluding carboxylic acids is 4. The molecule has 0 radical (unpaired) electrons. The molecule has 1 fully saturated rings. The second kappa shape index (κ2) is 9.70. The number of esters is 4. The van der Waals surface area contributed by atoms with Crippen LogP contribution in [0.3, 0.4) is 0 Å². The van der Waals surface area contributed by atoms with Crippen LogP contribution in [0.25, 0.3) is 0 Å². The zero-order chi connectivity index (χ0) is 26.9. The van der Waals surface area contributed by atoms with Crippen molar-refractivity contribution in [1.82, 2.24) is 0 Å². The topological polar surface area (TPSA) is 114 Å². The summed E-state index contributed by atoms with van der Waals surface area (Å²) in [5.74, 6) is -13.0. The summed E-state index contributed by atoms with van der Waals surface area (Å²) in [5, 5.41) is 0. The summed E-state index contributed by atoms with van der Waals surface area (Å²) in [4.78, 5) is 43.7. The first kappa shape index (κ1) is 29.0. The molecule has 1 rings (SSSR count). The SMILES string of the molecule is O=C(OC[C@H]1OC(OC(=O)C(F)(F)F)[C@H](OC(=O)C(F)(F)F)[C@@H]1OC(=O)C(F)(F)F)C(F)(F)F. The molecule has 1 saturated heterocycles. The molecule has 0 bridgehead atoms. The molecule has 0 spiro atoms. The molecule has 34 heavy (non-hydrogen) atoms.